The largest absolute Gasteiger partial charge is 1.00 e. The fraction of sp³-hybridized carbons (Fsp3) is 0.351. The Bertz CT molecular complexity index is 1540. The summed E-state index contributed by atoms with van der Waals surface area (Å²) in [7, 11) is 0. The van der Waals surface area contributed by atoms with Crippen molar-refractivity contribution < 1.29 is 70.3 Å². The number of hydrogen-bond acceptors (Lipinski definition) is 5. The van der Waals surface area contributed by atoms with E-state index >= 15 is 0 Å². The topological polar surface area (TPSA) is 112 Å². The number of hydrogen-bond donors (Lipinski definition) is 1. The van der Waals surface area contributed by atoms with Crippen LogP contribution in [0.15, 0.2) is 84.9 Å². The molecule has 0 atom stereocenters. The van der Waals surface area contributed by atoms with Crippen LogP contribution >= 0.6 is 0 Å². The maximum Gasteiger partial charge on any atom is 1.00 e. The van der Waals surface area contributed by atoms with Crippen molar-refractivity contribution in [3.8, 4) is 0 Å². The van der Waals surface area contributed by atoms with E-state index in [9.17, 15) is 24.6 Å². The molecular formula is C37H46F2KN3O4. The number of benzene rings is 4. The summed E-state index contributed by atoms with van der Waals surface area (Å²) in [5.41, 5.74) is 13.9. The number of para-hydroxylation sites is 3. The van der Waals surface area contributed by atoms with Crippen molar-refractivity contribution in [1.82, 2.24) is 0 Å². The minimum absolute atomic E-state index is 0. The van der Waals surface area contributed by atoms with Crippen LogP contribution in [-0.4, -0.2) is 9.85 Å². The molecule has 4 rings (SSSR count). The molecule has 0 heterocycles. The van der Waals surface area contributed by atoms with Crippen molar-refractivity contribution >= 4 is 17.1 Å². The average molecular weight is 674 g/mol. The van der Waals surface area contributed by atoms with Gasteiger partial charge in [0.2, 0.25) is 5.82 Å². The third kappa shape index (κ3) is 12.8. The SMILES string of the molecule is CC(C)c1cccc(C(C)C)c1Cc1ccccc1[N+](=O)[O-].CC(C)c1cccc(C(C)C)c1N.O=[N+]([O-])c1ccccc1F.[F-].[K+]. The summed E-state index contributed by atoms with van der Waals surface area (Å²) < 4.78 is 12.4. The first-order chi connectivity index (χ1) is 21.2. The summed E-state index contributed by atoms with van der Waals surface area (Å²) in [5, 5.41) is 21.2. The standard InChI is InChI=1S/C19H23NO2.C12H19N.C6H4FNO2.FH.K/c1-13(2)16-9-7-10-17(14(3)4)18(16)12-15-8-5-6-11-19(15)20(21)22;1-8(2)10-6-5-7-11(9(3)4)12(10)13;7-5-3-1-2-4-6(5)8(9)10;;/h5-11,13-14H,12H2,1-4H3;5-9H,13H2,1-4H3;1-4H;1H;/q;;;;+1/p-1. The molecule has 0 aliphatic carbocycles. The predicted octanol–water partition coefficient (Wildman–Crippen LogP) is 4.69. The van der Waals surface area contributed by atoms with Crippen LogP contribution in [0.1, 0.15) is 112 Å². The molecule has 4 aromatic carbocycles. The van der Waals surface area contributed by atoms with Gasteiger partial charge in [-0.15, -0.1) is 0 Å². The predicted molar refractivity (Wildman–Crippen MR) is 183 cm³/mol. The molecule has 0 unspecified atom stereocenters. The summed E-state index contributed by atoms with van der Waals surface area (Å²) in [6, 6.07) is 24.7. The van der Waals surface area contributed by atoms with Crippen LogP contribution in [0.3, 0.4) is 0 Å². The molecule has 0 aliphatic rings. The van der Waals surface area contributed by atoms with E-state index < -0.39 is 16.4 Å². The van der Waals surface area contributed by atoms with E-state index in [-0.39, 0.29) is 66.7 Å². The number of nitrogens with two attached hydrogens (primary N) is 1. The maximum absolute atomic E-state index is 12.4. The van der Waals surface area contributed by atoms with E-state index in [0.29, 0.717) is 30.1 Å². The van der Waals surface area contributed by atoms with Crippen LogP contribution in [0.2, 0.25) is 0 Å². The van der Waals surface area contributed by atoms with Crippen LogP contribution in [-0.2, 0) is 6.42 Å². The monoisotopic (exact) mass is 673 g/mol. The zero-order chi connectivity index (χ0) is 33.8. The van der Waals surface area contributed by atoms with Gasteiger partial charge in [-0.1, -0.05) is 122 Å². The van der Waals surface area contributed by atoms with Crippen LogP contribution in [0.25, 0.3) is 0 Å². The Morgan fingerprint density at radius 2 is 0.957 bits per heavy atom. The van der Waals surface area contributed by atoms with Gasteiger partial charge in [0.1, 0.15) is 0 Å². The molecule has 2 N–H and O–H groups in total. The summed E-state index contributed by atoms with van der Waals surface area (Å²) in [5.74, 6) is 1.03. The van der Waals surface area contributed by atoms with Gasteiger partial charge in [-0.3, -0.25) is 20.2 Å². The maximum atomic E-state index is 12.4. The van der Waals surface area contributed by atoms with E-state index in [4.69, 9.17) is 5.73 Å². The minimum Gasteiger partial charge on any atom is -1.00 e. The van der Waals surface area contributed by atoms with Gasteiger partial charge in [-0.2, -0.15) is 4.39 Å². The molecule has 0 fully saturated rings. The van der Waals surface area contributed by atoms with Gasteiger partial charge in [0.15, 0.2) is 0 Å². The second-order valence-corrected chi connectivity index (χ2v) is 12.2. The molecule has 0 aromatic heterocycles. The number of anilines is 1. The number of nitro groups is 2. The first kappa shape index (κ1) is 44.0. The van der Waals surface area contributed by atoms with E-state index in [0.717, 1.165) is 23.4 Å². The molecule has 10 heteroatoms. The average Bonchev–Trinajstić information content (AvgIpc) is 2.97. The van der Waals surface area contributed by atoms with Gasteiger partial charge in [0.05, 0.1) is 9.85 Å². The number of nitrogen functional groups attached to an aromatic ring is 1. The van der Waals surface area contributed by atoms with Crippen LogP contribution in [0.5, 0.6) is 0 Å². The minimum atomic E-state index is -0.799. The van der Waals surface area contributed by atoms with Crippen molar-refractivity contribution in [3.63, 3.8) is 0 Å². The molecular weight excluding hydrogens is 628 g/mol. The number of rotatable bonds is 8. The number of halogens is 2. The molecule has 0 bridgehead atoms. The van der Waals surface area contributed by atoms with E-state index in [1.807, 2.05) is 12.1 Å². The van der Waals surface area contributed by atoms with Crippen molar-refractivity contribution in [1.29, 1.82) is 0 Å². The Kier molecular flexibility index (Phi) is 19.7. The van der Waals surface area contributed by atoms with Gasteiger partial charge in [0.25, 0.3) is 5.69 Å². The summed E-state index contributed by atoms with van der Waals surface area (Å²) in [4.78, 5) is 20.2. The molecule has 0 saturated heterocycles. The van der Waals surface area contributed by atoms with Gasteiger partial charge >= 0.3 is 57.1 Å². The van der Waals surface area contributed by atoms with Gasteiger partial charge in [-0.05, 0) is 57.6 Å². The van der Waals surface area contributed by atoms with E-state index in [2.05, 4.69) is 91.8 Å². The fourth-order valence-electron chi connectivity index (χ4n) is 5.15. The zero-order valence-electron chi connectivity index (χ0n) is 29.0. The second kappa shape index (κ2) is 21.1. The first-order valence-corrected chi connectivity index (χ1v) is 15.3. The smallest absolute Gasteiger partial charge is 1.00 e. The van der Waals surface area contributed by atoms with Gasteiger partial charge < -0.3 is 10.4 Å². The summed E-state index contributed by atoms with van der Waals surface area (Å²) in [6.45, 7) is 17.4. The van der Waals surface area contributed by atoms with Crippen LogP contribution in [0.4, 0.5) is 21.5 Å². The molecule has 4 aromatic rings. The third-order valence-electron chi connectivity index (χ3n) is 7.51. The van der Waals surface area contributed by atoms with Crippen molar-refractivity contribution in [2.45, 2.75) is 85.5 Å². The Labute approximate surface area is 320 Å². The van der Waals surface area contributed by atoms with Gasteiger partial charge in [-0.25, -0.2) is 0 Å². The Morgan fingerprint density at radius 1 is 0.596 bits per heavy atom. The molecule has 47 heavy (non-hydrogen) atoms. The Hall–Kier alpha value is -3.02. The molecule has 0 spiro atoms. The molecule has 7 nitrogen and oxygen atoms in total. The van der Waals surface area contributed by atoms with E-state index in [1.54, 1.807) is 12.1 Å². The molecule has 0 aliphatic heterocycles. The van der Waals surface area contributed by atoms with Crippen LogP contribution in [0, 0.1) is 26.0 Å². The van der Waals surface area contributed by atoms with Crippen molar-refractivity contribution in [2.24, 2.45) is 0 Å². The Morgan fingerprint density at radius 3 is 1.32 bits per heavy atom. The zero-order valence-corrected chi connectivity index (χ0v) is 32.1. The number of nitro benzene ring substituents is 2. The molecule has 0 saturated carbocycles. The molecule has 0 radical (unpaired) electrons. The fourth-order valence-corrected chi connectivity index (χ4v) is 5.15. The Balaban J connectivity index is 0.000000723. The van der Waals surface area contributed by atoms with E-state index in [1.165, 1.54) is 39.9 Å². The normalized spacial score (nSPS) is 10.3. The molecule has 248 valence electrons. The first-order valence-electron chi connectivity index (χ1n) is 15.3. The third-order valence-corrected chi connectivity index (χ3v) is 7.51. The summed E-state index contributed by atoms with van der Waals surface area (Å²) >= 11 is 0. The summed E-state index contributed by atoms with van der Waals surface area (Å²) in [6.07, 6.45) is 0.610. The van der Waals surface area contributed by atoms with Crippen molar-refractivity contribution in [2.75, 3.05) is 5.73 Å². The van der Waals surface area contributed by atoms with Crippen LogP contribution < -0.4 is 61.8 Å². The molecule has 0 amide bonds. The second-order valence-electron chi connectivity index (χ2n) is 12.2. The van der Waals surface area contributed by atoms with Crippen molar-refractivity contribution in [3.05, 3.63) is 144 Å². The quantitative estimate of drug-likeness (QED) is 0.126. The number of nitrogens with zero attached hydrogens (tertiary/aromatic N) is 2. The van der Waals surface area contributed by atoms with Gasteiger partial charge in [0, 0.05) is 29.8 Å².